The minimum atomic E-state index is -0.173. The van der Waals surface area contributed by atoms with Crippen molar-refractivity contribution in [2.75, 3.05) is 0 Å². The standard InChI is InChI=1S/C14H15Cl2N5/c1-9(15)14-18-11-4-3-10(16)7-12(11)21(14)6-5-13-17-8-20(2)19-13/h3-4,7-9H,5-6H2,1-2H3. The Hall–Kier alpha value is -1.59. The maximum Gasteiger partial charge on any atom is 0.152 e. The van der Waals surface area contributed by atoms with Crippen molar-refractivity contribution in [2.24, 2.45) is 7.05 Å². The number of rotatable bonds is 4. The summed E-state index contributed by atoms with van der Waals surface area (Å²) in [5.41, 5.74) is 1.89. The largest absolute Gasteiger partial charge is 0.326 e. The van der Waals surface area contributed by atoms with Crippen LogP contribution in [-0.2, 0) is 20.0 Å². The van der Waals surface area contributed by atoms with Crippen LogP contribution in [0.25, 0.3) is 11.0 Å². The van der Waals surface area contributed by atoms with Crippen LogP contribution in [0, 0.1) is 0 Å². The number of aryl methyl sites for hydroxylation is 3. The zero-order chi connectivity index (χ0) is 15.0. The zero-order valence-electron chi connectivity index (χ0n) is 11.8. The molecule has 0 fully saturated rings. The monoisotopic (exact) mass is 323 g/mol. The quantitative estimate of drug-likeness (QED) is 0.692. The van der Waals surface area contributed by atoms with E-state index < -0.39 is 0 Å². The van der Waals surface area contributed by atoms with Gasteiger partial charge in [-0.05, 0) is 25.1 Å². The molecule has 110 valence electrons. The lowest BCUT2D eigenvalue weighted by Crippen LogP contribution is -2.08. The first-order valence-corrected chi connectivity index (χ1v) is 7.50. The van der Waals surface area contributed by atoms with Crippen molar-refractivity contribution in [1.82, 2.24) is 24.3 Å². The fraction of sp³-hybridized carbons (Fsp3) is 0.357. The summed E-state index contributed by atoms with van der Waals surface area (Å²) in [6.45, 7) is 2.63. The average Bonchev–Trinajstić information content (AvgIpc) is 3.00. The maximum atomic E-state index is 6.25. The Labute approximate surface area is 132 Å². The third kappa shape index (κ3) is 2.89. The first-order valence-electron chi connectivity index (χ1n) is 6.69. The second-order valence-corrected chi connectivity index (χ2v) is 6.05. The smallest absolute Gasteiger partial charge is 0.152 e. The summed E-state index contributed by atoms with van der Waals surface area (Å²) in [6.07, 6.45) is 2.42. The van der Waals surface area contributed by atoms with Crippen molar-refractivity contribution in [3.05, 3.63) is 41.2 Å². The highest BCUT2D eigenvalue weighted by molar-refractivity contribution is 6.31. The Morgan fingerprint density at radius 1 is 1.33 bits per heavy atom. The normalized spacial score (nSPS) is 13.0. The van der Waals surface area contributed by atoms with E-state index in [2.05, 4.69) is 19.6 Å². The van der Waals surface area contributed by atoms with Crippen molar-refractivity contribution >= 4 is 34.2 Å². The molecule has 3 rings (SSSR count). The average molecular weight is 324 g/mol. The number of benzene rings is 1. The molecule has 1 atom stereocenters. The number of imidazole rings is 1. The minimum Gasteiger partial charge on any atom is -0.326 e. The molecule has 1 unspecified atom stereocenters. The third-order valence-electron chi connectivity index (χ3n) is 3.30. The van der Waals surface area contributed by atoms with Gasteiger partial charge >= 0.3 is 0 Å². The van der Waals surface area contributed by atoms with Gasteiger partial charge < -0.3 is 4.57 Å². The summed E-state index contributed by atoms with van der Waals surface area (Å²) in [5.74, 6) is 1.64. The number of nitrogens with zero attached hydrogens (tertiary/aromatic N) is 5. The first kappa shape index (κ1) is 14.4. The number of aromatic nitrogens is 5. The van der Waals surface area contributed by atoms with Crippen molar-refractivity contribution in [3.63, 3.8) is 0 Å². The van der Waals surface area contributed by atoms with Crippen LogP contribution in [0.15, 0.2) is 24.5 Å². The molecule has 0 saturated carbocycles. The molecule has 0 N–H and O–H groups in total. The summed E-state index contributed by atoms with van der Waals surface area (Å²) < 4.78 is 3.79. The lowest BCUT2D eigenvalue weighted by molar-refractivity contribution is 0.641. The van der Waals surface area contributed by atoms with E-state index in [4.69, 9.17) is 23.2 Å². The van der Waals surface area contributed by atoms with Gasteiger partial charge in [0.25, 0.3) is 0 Å². The molecule has 0 bridgehead atoms. The highest BCUT2D eigenvalue weighted by atomic mass is 35.5. The fourth-order valence-corrected chi connectivity index (χ4v) is 2.70. The number of alkyl halides is 1. The van der Waals surface area contributed by atoms with E-state index >= 15 is 0 Å². The predicted octanol–water partition coefficient (Wildman–Crippen LogP) is 3.36. The Kier molecular flexibility index (Phi) is 3.87. The van der Waals surface area contributed by atoms with Gasteiger partial charge in [-0.2, -0.15) is 5.10 Å². The Balaban J connectivity index is 1.98. The molecule has 7 heteroatoms. The van der Waals surface area contributed by atoms with Crippen molar-refractivity contribution in [2.45, 2.75) is 25.3 Å². The SMILES string of the molecule is CC(Cl)c1nc2ccc(Cl)cc2n1CCc1ncn(C)n1. The van der Waals surface area contributed by atoms with Gasteiger partial charge in [0.15, 0.2) is 5.82 Å². The first-order chi connectivity index (χ1) is 10.0. The van der Waals surface area contributed by atoms with Crippen LogP contribution >= 0.6 is 23.2 Å². The van der Waals surface area contributed by atoms with E-state index in [1.165, 1.54) is 0 Å². The van der Waals surface area contributed by atoms with Crippen LogP contribution < -0.4 is 0 Å². The molecule has 0 amide bonds. The van der Waals surface area contributed by atoms with Gasteiger partial charge in [-0.25, -0.2) is 9.97 Å². The summed E-state index contributed by atoms with van der Waals surface area (Å²) in [6, 6.07) is 5.67. The van der Waals surface area contributed by atoms with Crippen molar-refractivity contribution < 1.29 is 0 Å². The highest BCUT2D eigenvalue weighted by Gasteiger charge is 2.15. The van der Waals surface area contributed by atoms with Gasteiger partial charge in [0.1, 0.15) is 12.2 Å². The molecule has 1 aromatic carbocycles. The second kappa shape index (κ2) is 5.66. The van der Waals surface area contributed by atoms with E-state index in [1.807, 2.05) is 32.2 Å². The topological polar surface area (TPSA) is 48.5 Å². The van der Waals surface area contributed by atoms with Gasteiger partial charge in [0.05, 0.1) is 16.4 Å². The molecular formula is C14H15Cl2N5. The van der Waals surface area contributed by atoms with Crippen LogP contribution in [0.3, 0.4) is 0 Å². The van der Waals surface area contributed by atoms with Gasteiger partial charge in [-0.3, -0.25) is 4.68 Å². The van der Waals surface area contributed by atoms with E-state index in [0.29, 0.717) is 11.6 Å². The molecular weight excluding hydrogens is 309 g/mol. The van der Waals surface area contributed by atoms with Gasteiger partial charge in [-0.1, -0.05) is 11.6 Å². The van der Waals surface area contributed by atoms with Gasteiger partial charge in [-0.15, -0.1) is 11.6 Å². The Morgan fingerprint density at radius 3 is 2.81 bits per heavy atom. The van der Waals surface area contributed by atoms with Crippen LogP contribution in [-0.4, -0.2) is 24.3 Å². The molecule has 3 aromatic rings. The summed E-state index contributed by atoms with van der Waals surface area (Å²) in [7, 11) is 1.86. The molecule has 2 heterocycles. The molecule has 0 radical (unpaired) electrons. The lowest BCUT2D eigenvalue weighted by Gasteiger charge is -2.09. The predicted molar refractivity (Wildman–Crippen MR) is 83.7 cm³/mol. The van der Waals surface area contributed by atoms with Gasteiger partial charge in [0.2, 0.25) is 0 Å². The molecule has 0 aliphatic heterocycles. The molecule has 0 aliphatic carbocycles. The lowest BCUT2D eigenvalue weighted by atomic mass is 10.3. The Bertz CT molecular complexity index is 775. The summed E-state index contributed by atoms with van der Waals surface area (Å²) in [4.78, 5) is 8.84. The molecule has 2 aromatic heterocycles. The fourth-order valence-electron chi connectivity index (χ4n) is 2.36. The minimum absolute atomic E-state index is 0.173. The molecule has 0 saturated heterocycles. The van der Waals surface area contributed by atoms with Crippen LogP contribution in [0.4, 0.5) is 0 Å². The zero-order valence-corrected chi connectivity index (χ0v) is 13.3. The molecule has 5 nitrogen and oxygen atoms in total. The van der Waals surface area contributed by atoms with Crippen molar-refractivity contribution in [3.8, 4) is 0 Å². The number of hydrogen-bond donors (Lipinski definition) is 0. The summed E-state index contributed by atoms with van der Waals surface area (Å²) in [5, 5.41) is 4.81. The van der Waals surface area contributed by atoms with Gasteiger partial charge in [0, 0.05) is 25.0 Å². The van der Waals surface area contributed by atoms with Crippen LogP contribution in [0.2, 0.25) is 5.02 Å². The second-order valence-electron chi connectivity index (χ2n) is 4.96. The van der Waals surface area contributed by atoms with Crippen LogP contribution in [0.5, 0.6) is 0 Å². The van der Waals surface area contributed by atoms with E-state index in [1.54, 1.807) is 11.0 Å². The third-order valence-corrected chi connectivity index (χ3v) is 3.73. The maximum absolute atomic E-state index is 6.25. The van der Waals surface area contributed by atoms with Crippen molar-refractivity contribution in [1.29, 1.82) is 0 Å². The number of halogens is 2. The number of hydrogen-bond acceptors (Lipinski definition) is 3. The Morgan fingerprint density at radius 2 is 2.14 bits per heavy atom. The molecule has 0 spiro atoms. The van der Waals surface area contributed by atoms with Crippen LogP contribution in [0.1, 0.15) is 23.9 Å². The highest BCUT2D eigenvalue weighted by Crippen LogP contribution is 2.26. The molecule has 0 aliphatic rings. The van der Waals surface area contributed by atoms with E-state index in [0.717, 1.165) is 29.1 Å². The van der Waals surface area contributed by atoms with E-state index in [9.17, 15) is 0 Å². The number of fused-ring (bicyclic) bond motifs is 1. The summed E-state index contributed by atoms with van der Waals surface area (Å²) >= 11 is 12.4. The molecule has 21 heavy (non-hydrogen) atoms. The van der Waals surface area contributed by atoms with E-state index in [-0.39, 0.29) is 5.38 Å².